The molecule has 0 fully saturated rings. The average Bonchev–Trinajstić information content (AvgIpc) is 2.26. The summed E-state index contributed by atoms with van der Waals surface area (Å²) in [6, 6.07) is 0. The predicted octanol–water partition coefficient (Wildman–Crippen LogP) is -11.9. The molecule has 306 valence electrons. The van der Waals surface area contributed by atoms with Gasteiger partial charge in [0.15, 0.2) is 52.1 Å². The first kappa shape index (κ1) is 83.5. The van der Waals surface area contributed by atoms with Crippen molar-refractivity contribution in [2.24, 2.45) is 0 Å². The van der Waals surface area contributed by atoms with E-state index in [1.807, 2.05) is 0 Å². The minimum absolute atomic E-state index is 0. The smallest absolute Gasteiger partial charge is 0.303 e. The highest BCUT2D eigenvalue weighted by Crippen LogP contribution is 2.29. The zero-order chi connectivity index (χ0) is 40.5. The largest absolute Gasteiger partial charge is 0.466 e. The molecule has 0 aromatic carbocycles. The van der Waals surface area contributed by atoms with Crippen LogP contribution in [0.1, 0.15) is 0 Å². The van der Waals surface area contributed by atoms with Gasteiger partial charge in [-0.1, -0.05) is 0 Å². The first-order valence-electron chi connectivity index (χ1n) is 7.04. The average molecular weight is 972 g/mol. The Labute approximate surface area is 294 Å². The highest BCUT2D eigenvalue weighted by atomic mass is 31.2. The maximum Gasteiger partial charge on any atom is 0.466 e. The molecule has 0 aromatic heterocycles. The number of rotatable bonds is 0. The highest BCUT2D eigenvalue weighted by Gasteiger charge is 2.03. The molecule has 0 aliphatic heterocycles. The second-order valence-electron chi connectivity index (χ2n) is 4.62. The van der Waals surface area contributed by atoms with Crippen molar-refractivity contribution < 1.29 is 173 Å². The van der Waals surface area contributed by atoms with Crippen LogP contribution >= 0.6 is 70.4 Å². The van der Waals surface area contributed by atoms with Gasteiger partial charge in [-0.2, -0.15) is 0 Å². The van der Waals surface area contributed by atoms with E-state index in [1.165, 1.54) is 0 Å². The Balaban J connectivity index is -0.0000000301. The lowest BCUT2D eigenvalue weighted by Gasteiger charge is -1.82. The minimum Gasteiger partial charge on any atom is -0.303 e. The van der Waals surface area contributed by atoms with Gasteiger partial charge in [-0.05, 0) is 0 Å². The lowest BCUT2D eigenvalue weighted by atomic mass is 15.8. The van der Waals surface area contributed by atoms with E-state index in [0.717, 1.165) is 0 Å². The molecule has 48 heteroatoms. The topological polar surface area (TPSA) is 700 Å². The van der Waals surface area contributed by atoms with E-state index in [0.29, 0.717) is 0 Å². The zero-order valence-corrected chi connectivity index (χ0v) is 27.8. The SMILES string of the molecule is O=P(O)(O)O.O=P(O)(O)O.O=P(O)(O)O.O=P(O)(O)O.O=P(O)(O)O.O=P(O)(O)O.O=P(O)(O)O.O=P(O)(O)O.O=P(O)(O)O.[AlH3].[AlH3].[AlH3]. The lowest BCUT2D eigenvalue weighted by molar-refractivity contribution is 0.272. The molecule has 0 amide bonds. The van der Waals surface area contributed by atoms with Crippen molar-refractivity contribution in [3.05, 3.63) is 0 Å². The van der Waals surface area contributed by atoms with Crippen molar-refractivity contribution in [2.45, 2.75) is 0 Å². The van der Waals surface area contributed by atoms with Gasteiger partial charge in [0.1, 0.15) is 0 Å². The third-order valence-electron chi connectivity index (χ3n) is 0. The Morgan fingerprint density at radius 2 is 0.146 bits per heavy atom. The second-order valence-corrected chi connectivity index (χ2v) is 13.9. The van der Waals surface area contributed by atoms with E-state index >= 15 is 0 Å². The van der Waals surface area contributed by atoms with Crippen LogP contribution < -0.4 is 0 Å². The maximum atomic E-state index is 8.88. The second kappa shape index (κ2) is 36.6. The molecule has 0 unspecified atom stereocenters. The molecule has 0 aliphatic carbocycles. The lowest BCUT2D eigenvalue weighted by Crippen LogP contribution is -1.66. The Hall–Kier alpha value is 2.59. The fourth-order valence-corrected chi connectivity index (χ4v) is 0. The van der Waals surface area contributed by atoms with Crippen LogP contribution in [0.3, 0.4) is 0 Å². The number of phosphoric acid groups is 9. The quantitative estimate of drug-likeness (QED) is 0.0791. The van der Waals surface area contributed by atoms with Crippen LogP contribution in [0.4, 0.5) is 0 Å². The molecule has 0 heterocycles. The standard InChI is InChI=1S/3Al.9H3O4P.9H/c;;;9*1-5(2,3)4;;;;;;;;;/h;;;9*(H3,1,2,3,4);;;;;;;;;. The number of hydrogen-bond donors (Lipinski definition) is 27. The summed E-state index contributed by atoms with van der Waals surface area (Å²) in [7, 11) is -41.8. The summed E-state index contributed by atoms with van der Waals surface area (Å²) in [6.07, 6.45) is 0. The van der Waals surface area contributed by atoms with Crippen LogP contribution in [-0.2, 0) is 41.1 Å². The Morgan fingerprint density at radius 3 is 0.146 bits per heavy atom. The third kappa shape index (κ3) is 16400. The fourth-order valence-electron chi connectivity index (χ4n) is 0. The molecule has 0 bridgehead atoms. The van der Waals surface area contributed by atoms with Gasteiger partial charge in [-0.25, -0.2) is 41.1 Å². The fraction of sp³-hybridized carbons (Fsp3) is 0. The van der Waals surface area contributed by atoms with Crippen molar-refractivity contribution in [2.75, 3.05) is 0 Å². The van der Waals surface area contributed by atoms with Gasteiger partial charge in [0, 0.05) is 0 Å². The Bertz CT molecular complexity index is 750. The molecule has 0 rings (SSSR count). The molecule has 0 spiro atoms. The van der Waals surface area contributed by atoms with E-state index in [-0.39, 0.29) is 52.1 Å². The molecular weight excluding hydrogens is 936 g/mol. The summed E-state index contributed by atoms with van der Waals surface area (Å²) in [5.74, 6) is 0. The summed E-state index contributed by atoms with van der Waals surface area (Å²) in [5.41, 5.74) is 0. The van der Waals surface area contributed by atoms with Gasteiger partial charge in [-0.3, -0.25) is 0 Å². The van der Waals surface area contributed by atoms with E-state index in [4.69, 9.17) is 173 Å². The molecule has 0 saturated carbocycles. The van der Waals surface area contributed by atoms with Crippen LogP contribution in [0.5, 0.6) is 0 Å². The van der Waals surface area contributed by atoms with Crippen molar-refractivity contribution in [3.8, 4) is 0 Å². The summed E-state index contributed by atoms with van der Waals surface area (Å²) in [5, 5.41) is 0. The minimum atomic E-state index is -4.64. The van der Waals surface area contributed by atoms with Crippen molar-refractivity contribution >= 4 is 122 Å². The van der Waals surface area contributed by atoms with Gasteiger partial charge in [0.05, 0.1) is 0 Å². The third-order valence-corrected chi connectivity index (χ3v) is 0. The highest BCUT2D eigenvalue weighted by molar-refractivity contribution is 7.47. The molecule has 36 nitrogen and oxygen atoms in total. The summed E-state index contributed by atoms with van der Waals surface area (Å²) in [6.45, 7) is 0. The predicted molar refractivity (Wildman–Crippen MR) is 158 cm³/mol. The van der Waals surface area contributed by atoms with Crippen LogP contribution in [0.25, 0.3) is 0 Å². The van der Waals surface area contributed by atoms with Gasteiger partial charge < -0.3 is 132 Å². The van der Waals surface area contributed by atoms with Gasteiger partial charge in [-0.15, -0.1) is 0 Å². The van der Waals surface area contributed by atoms with E-state index in [2.05, 4.69) is 0 Å². The summed E-state index contributed by atoms with van der Waals surface area (Å²) >= 11 is 0. The zero-order valence-electron chi connectivity index (χ0n) is 19.8. The van der Waals surface area contributed by atoms with Crippen molar-refractivity contribution in [3.63, 3.8) is 0 Å². The van der Waals surface area contributed by atoms with Gasteiger partial charge in [0.2, 0.25) is 0 Å². The Morgan fingerprint density at radius 1 is 0.146 bits per heavy atom. The van der Waals surface area contributed by atoms with Crippen molar-refractivity contribution in [1.29, 1.82) is 0 Å². The summed E-state index contributed by atoms with van der Waals surface area (Å²) < 4.78 is 79.9. The summed E-state index contributed by atoms with van der Waals surface area (Å²) in [4.78, 5) is 194. The van der Waals surface area contributed by atoms with Crippen LogP contribution in [0.15, 0.2) is 0 Å². The van der Waals surface area contributed by atoms with Gasteiger partial charge in [0.25, 0.3) is 0 Å². The van der Waals surface area contributed by atoms with E-state index in [1.54, 1.807) is 0 Å². The normalized spacial score (nSPS) is 11.1. The molecule has 48 heavy (non-hydrogen) atoms. The molecule has 0 radical (unpaired) electrons. The number of hydrogen-bond acceptors (Lipinski definition) is 9. The molecule has 0 aromatic rings. The van der Waals surface area contributed by atoms with Gasteiger partial charge >= 0.3 is 70.4 Å². The molecular formula is H36Al3O36P9. The molecule has 27 N–H and O–H groups in total. The van der Waals surface area contributed by atoms with Crippen LogP contribution in [0.2, 0.25) is 0 Å². The van der Waals surface area contributed by atoms with Crippen LogP contribution in [0, 0.1) is 0 Å². The van der Waals surface area contributed by atoms with Crippen molar-refractivity contribution in [1.82, 2.24) is 0 Å². The van der Waals surface area contributed by atoms with E-state index in [9.17, 15) is 0 Å². The molecule has 0 atom stereocenters. The molecule has 0 aliphatic rings. The monoisotopic (exact) mass is 972 g/mol. The first-order chi connectivity index (χ1) is 18.0. The van der Waals surface area contributed by atoms with Crippen LogP contribution in [-0.4, -0.2) is 184 Å². The Kier molecular flexibility index (Phi) is 63.6. The first-order valence-corrected chi connectivity index (χ1v) is 21.1. The maximum absolute atomic E-state index is 8.88. The van der Waals surface area contributed by atoms with E-state index < -0.39 is 70.4 Å². The molecule has 0 saturated heterocycles.